The van der Waals surface area contributed by atoms with E-state index in [0.29, 0.717) is 25.1 Å². The maximum Gasteiger partial charge on any atom is 0.407 e. The second kappa shape index (κ2) is 8.97. The van der Waals surface area contributed by atoms with Gasteiger partial charge in [0, 0.05) is 35.6 Å². The highest BCUT2D eigenvalue weighted by Gasteiger charge is 2.34. The molecule has 2 atom stereocenters. The van der Waals surface area contributed by atoms with Crippen LogP contribution in [0.5, 0.6) is 0 Å². The number of hydrogen-bond donors (Lipinski definition) is 3. The number of rotatable bonds is 7. The van der Waals surface area contributed by atoms with E-state index in [-0.39, 0.29) is 18.2 Å². The molecule has 0 radical (unpaired) electrons. The van der Waals surface area contributed by atoms with E-state index in [1.165, 1.54) is 0 Å². The first-order chi connectivity index (χ1) is 13.8. The first-order valence-electron chi connectivity index (χ1n) is 9.36. The highest BCUT2D eigenvalue weighted by Crippen LogP contribution is 2.37. The minimum Gasteiger partial charge on any atom is -0.465 e. The first kappa shape index (κ1) is 20.7. The van der Waals surface area contributed by atoms with Gasteiger partial charge in [0.05, 0.1) is 13.0 Å². The molecule has 10 heteroatoms. The molecular formula is C19H23F2N5O3. The molecule has 1 aliphatic rings. The Morgan fingerprint density at radius 1 is 1.38 bits per heavy atom. The van der Waals surface area contributed by atoms with Gasteiger partial charge < -0.3 is 10.4 Å². The molecule has 0 aliphatic heterocycles. The van der Waals surface area contributed by atoms with Gasteiger partial charge in [-0.1, -0.05) is 6.07 Å². The molecule has 2 aromatic heterocycles. The summed E-state index contributed by atoms with van der Waals surface area (Å²) in [4.78, 5) is 28.4. The molecule has 29 heavy (non-hydrogen) atoms. The molecule has 2 unspecified atom stereocenters. The third kappa shape index (κ3) is 5.49. The van der Waals surface area contributed by atoms with Gasteiger partial charge in [0.25, 0.3) is 6.43 Å². The highest BCUT2D eigenvalue weighted by atomic mass is 19.3. The van der Waals surface area contributed by atoms with Crippen molar-refractivity contribution in [3.05, 3.63) is 41.3 Å². The van der Waals surface area contributed by atoms with E-state index in [9.17, 15) is 23.5 Å². The van der Waals surface area contributed by atoms with Crippen LogP contribution in [0.2, 0.25) is 0 Å². The van der Waals surface area contributed by atoms with Crippen molar-refractivity contribution in [2.45, 2.75) is 51.0 Å². The fourth-order valence-electron chi connectivity index (χ4n) is 3.64. The summed E-state index contributed by atoms with van der Waals surface area (Å²) in [5.41, 5.74) is 2.41. The first-order valence-corrected chi connectivity index (χ1v) is 9.36. The predicted molar refractivity (Wildman–Crippen MR) is 101 cm³/mol. The van der Waals surface area contributed by atoms with Crippen LogP contribution in [-0.4, -0.2) is 56.2 Å². The highest BCUT2D eigenvalue weighted by molar-refractivity contribution is 5.91. The summed E-state index contributed by atoms with van der Waals surface area (Å²) in [6.45, 7) is 1.08. The van der Waals surface area contributed by atoms with Crippen LogP contribution in [0.15, 0.2) is 24.4 Å². The largest absolute Gasteiger partial charge is 0.465 e. The maximum atomic E-state index is 12.7. The topological polar surface area (TPSA) is 111 Å². The van der Waals surface area contributed by atoms with Crippen molar-refractivity contribution < 1.29 is 23.5 Å². The van der Waals surface area contributed by atoms with E-state index in [1.54, 1.807) is 12.3 Å². The third-order valence-corrected chi connectivity index (χ3v) is 5.07. The number of alkyl halides is 2. The summed E-state index contributed by atoms with van der Waals surface area (Å²) in [6.07, 6.45) is -0.627. The molecule has 156 valence electrons. The van der Waals surface area contributed by atoms with Crippen LogP contribution in [-0.2, 0) is 11.2 Å². The summed E-state index contributed by atoms with van der Waals surface area (Å²) in [5.74, 6) is 0.113. The molecule has 1 fully saturated rings. The van der Waals surface area contributed by atoms with Crippen molar-refractivity contribution in [1.29, 1.82) is 0 Å². The lowest BCUT2D eigenvalue weighted by atomic mass is 10.0. The number of nitrogens with zero attached hydrogens (tertiary/aromatic N) is 3. The number of nitrogens with one attached hydrogen (secondary N) is 2. The molecule has 0 saturated heterocycles. The van der Waals surface area contributed by atoms with Crippen LogP contribution < -0.4 is 5.32 Å². The van der Waals surface area contributed by atoms with Gasteiger partial charge in [-0.15, -0.1) is 0 Å². The molecule has 2 heterocycles. The molecule has 2 aromatic rings. The van der Waals surface area contributed by atoms with E-state index >= 15 is 0 Å². The number of aromatic amines is 1. The molecule has 1 saturated carbocycles. The Labute approximate surface area is 166 Å². The van der Waals surface area contributed by atoms with Crippen LogP contribution in [0, 0.1) is 6.92 Å². The average molecular weight is 407 g/mol. The molecule has 2 amide bonds. The third-order valence-electron chi connectivity index (χ3n) is 5.07. The number of carbonyl (C=O) groups excluding carboxylic acids is 1. The van der Waals surface area contributed by atoms with Gasteiger partial charge >= 0.3 is 6.09 Å². The monoisotopic (exact) mass is 407 g/mol. The van der Waals surface area contributed by atoms with Gasteiger partial charge in [-0.25, -0.2) is 13.6 Å². The van der Waals surface area contributed by atoms with Crippen LogP contribution >= 0.6 is 0 Å². The Hall–Kier alpha value is -3.04. The van der Waals surface area contributed by atoms with Crippen molar-refractivity contribution in [3.8, 4) is 0 Å². The van der Waals surface area contributed by atoms with Gasteiger partial charge in [0.1, 0.15) is 0 Å². The Kier molecular flexibility index (Phi) is 6.40. The zero-order chi connectivity index (χ0) is 21.0. The van der Waals surface area contributed by atoms with Crippen molar-refractivity contribution in [2.75, 3.05) is 11.9 Å². The lowest BCUT2D eigenvalue weighted by Gasteiger charge is -2.25. The van der Waals surface area contributed by atoms with Crippen molar-refractivity contribution in [2.24, 2.45) is 0 Å². The van der Waals surface area contributed by atoms with E-state index in [0.717, 1.165) is 21.9 Å². The summed E-state index contributed by atoms with van der Waals surface area (Å²) in [6, 6.07) is 4.92. The summed E-state index contributed by atoms with van der Waals surface area (Å²) >= 11 is 0. The Balaban J connectivity index is 1.56. The van der Waals surface area contributed by atoms with E-state index in [2.05, 4.69) is 20.5 Å². The second-order valence-corrected chi connectivity index (χ2v) is 7.23. The fourth-order valence-corrected chi connectivity index (χ4v) is 3.64. The zero-order valence-corrected chi connectivity index (χ0v) is 15.9. The lowest BCUT2D eigenvalue weighted by Crippen LogP contribution is -2.41. The van der Waals surface area contributed by atoms with E-state index in [1.807, 2.05) is 19.1 Å². The van der Waals surface area contributed by atoms with Crippen LogP contribution in [0.4, 0.5) is 19.4 Å². The molecule has 0 aromatic carbocycles. The molecule has 8 nitrogen and oxygen atoms in total. The van der Waals surface area contributed by atoms with Crippen molar-refractivity contribution in [3.63, 3.8) is 0 Å². The predicted octanol–water partition coefficient (Wildman–Crippen LogP) is 3.18. The minimum atomic E-state index is -2.71. The zero-order valence-electron chi connectivity index (χ0n) is 15.9. The number of carboxylic acid groups (broad SMARTS) is 1. The van der Waals surface area contributed by atoms with Crippen LogP contribution in [0.3, 0.4) is 0 Å². The summed E-state index contributed by atoms with van der Waals surface area (Å²) in [7, 11) is 0. The average Bonchev–Trinajstić information content (AvgIpc) is 3.30. The lowest BCUT2D eigenvalue weighted by molar-refractivity contribution is -0.115. The molecule has 0 spiro atoms. The summed E-state index contributed by atoms with van der Waals surface area (Å²) in [5, 5.41) is 18.9. The van der Waals surface area contributed by atoms with E-state index < -0.39 is 25.1 Å². The standard InChI is InChI=1S/C19H23F2N5O3/c1-11-2-3-12(9-22-11)6-18(27)23-17-8-15(24-25-17)13-4-5-14(7-13)26(19(28)29)10-16(20)21/h2-3,8-9,13-14,16H,4-7,10H2,1H3,(H,28,29)(H2,23,24,25,27). The quantitative estimate of drug-likeness (QED) is 0.653. The van der Waals surface area contributed by atoms with Gasteiger partial charge in [0.15, 0.2) is 5.82 Å². The molecule has 3 N–H and O–H groups in total. The molecular weight excluding hydrogens is 384 g/mol. The Morgan fingerprint density at radius 3 is 2.83 bits per heavy atom. The van der Waals surface area contributed by atoms with Crippen LogP contribution in [0.25, 0.3) is 0 Å². The molecule has 3 rings (SSSR count). The number of anilines is 1. The molecule has 1 aliphatic carbocycles. The van der Waals surface area contributed by atoms with Gasteiger partial charge in [-0.2, -0.15) is 5.10 Å². The Bertz CT molecular complexity index is 856. The number of carbonyl (C=O) groups is 2. The number of amides is 2. The number of pyridine rings is 1. The number of hydrogen-bond acceptors (Lipinski definition) is 4. The van der Waals surface area contributed by atoms with Gasteiger partial charge in [-0.05, 0) is 37.8 Å². The minimum absolute atomic E-state index is 0.0287. The smallest absolute Gasteiger partial charge is 0.407 e. The number of aromatic nitrogens is 3. The number of halogens is 2. The van der Waals surface area contributed by atoms with Crippen molar-refractivity contribution >= 4 is 17.8 Å². The van der Waals surface area contributed by atoms with Crippen LogP contribution in [0.1, 0.15) is 42.1 Å². The number of aryl methyl sites for hydroxylation is 1. The SMILES string of the molecule is Cc1ccc(CC(=O)Nc2cc(C3CCC(N(CC(F)F)C(=O)O)C3)[nH]n2)cn1. The van der Waals surface area contributed by atoms with E-state index in [4.69, 9.17) is 0 Å². The summed E-state index contributed by atoms with van der Waals surface area (Å²) < 4.78 is 25.3. The Morgan fingerprint density at radius 2 is 2.17 bits per heavy atom. The van der Waals surface area contributed by atoms with Gasteiger partial charge in [0.2, 0.25) is 5.91 Å². The van der Waals surface area contributed by atoms with Crippen molar-refractivity contribution in [1.82, 2.24) is 20.1 Å². The fraction of sp³-hybridized carbons (Fsp3) is 0.474. The molecule has 0 bridgehead atoms. The normalized spacial score (nSPS) is 18.8. The number of H-pyrrole nitrogens is 1. The van der Waals surface area contributed by atoms with Gasteiger partial charge in [-0.3, -0.25) is 19.8 Å². The maximum absolute atomic E-state index is 12.7. The second-order valence-electron chi connectivity index (χ2n) is 7.23.